The second-order valence-corrected chi connectivity index (χ2v) is 4.65. The van der Waals surface area contributed by atoms with Crippen LogP contribution < -0.4 is 5.32 Å². The molecule has 19 heavy (non-hydrogen) atoms. The molecule has 1 N–H and O–H groups in total. The first kappa shape index (κ1) is 13.8. The molecule has 1 aromatic rings. The third kappa shape index (κ3) is 4.87. The molecule has 1 heterocycles. The van der Waals surface area contributed by atoms with Gasteiger partial charge in [0.25, 0.3) is 0 Å². The summed E-state index contributed by atoms with van der Waals surface area (Å²) in [6.45, 7) is 2.49. The van der Waals surface area contributed by atoms with E-state index < -0.39 is 0 Å². The van der Waals surface area contributed by atoms with Gasteiger partial charge in [0.2, 0.25) is 5.91 Å². The SMILES string of the molecule is O=C(NCCOCCn1cccn1)[C@@H]1CC=CCC1. The average Bonchev–Trinajstić information content (AvgIpc) is 2.96. The van der Waals surface area contributed by atoms with E-state index in [-0.39, 0.29) is 11.8 Å². The predicted molar refractivity (Wildman–Crippen MR) is 72.5 cm³/mol. The van der Waals surface area contributed by atoms with Crippen molar-refractivity contribution in [2.45, 2.75) is 25.8 Å². The zero-order valence-electron chi connectivity index (χ0n) is 11.1. The minimum atomic E-state index is 0.147. The van der Waals surface area contributed by atoms with Crippen molar-refractivity contribution in [2.75, 3.05) is 19.8 Å². The molecule has 0 radical (unpaired) electrons. The monoisotopic (exact) mass is 263 g/mol. The summed E-state index contributed by atoms with van der Waals surface area (Å²) in [6, 6.07) is 1.89. The second kappa shape index (κ2) is 7.74. The number of rotatable bonds is 7. The molecule has 1 atom stereocenters. The first-order valence-electron chi connectivity index (χ1n) is 6.84. The first-order valence-corrected chi connectivity index (χ1v) is 6.84. The summed E-state index contributed by atoms with van der Waals surface area (Å²) < 4.78 is 7.28. The van der Waals surface area contributed by atoms with E-state index in [0.29, 0.717) is 19.8 Å². The van der Waals surface area contributed by atoms with E-state index in [1.165, 1.54) is 0 Å². The van der Waals surface area contributed by atoms with Gasteiger partial charge in [0.15, 0.2) is 0 Å². The molecule has 0 saturated carbocycles. The molecule has 1 aliphatic carbocycles. The highest BCUT2D eigenvalue weighted by Gasteiger charge is 2.17. The molecular weight excluding hydrogens is 242 g/mol. The third-order valence-electron chi connectivity index (χ3n) is 3.21. The van der Waals surface area contributed by atoms with Crippen molar-refractivity contribution in [2.24, 2.45) is 5.92 Å². The van der Waals surface area contributed by atoms with Crippen LogP contribution in [-0.4, -0.2) is 35.4 Å². The lowest BCUT2D eigenvalue weighted by Gasteiger charge is -2.17. The van der Waals surface area contributed by atoms with Gasteiger partial charge in [0, 0.05) is 24.9 Å². The van der Waals surface area contributed by atoms with E-state index >= 15 is 0 Å². The van der Waals surface area contributed by atoms with Gasteiger partial charge in [-0.3, -0.25) is 9.48 Å². The van der Waals surface area contributed by atoms with Gasteiger partial charge in [0.05, 0.1) is 19.8 Å². The van der Waals surface area contributed by atoms with Gasteiger partial charge in [-0.1, -0.05) is 12.2 Å². The fourth-order valence-corrected chi connectivity index (χ4v) is 2.12. The second-order valence-electron chi connectivity index (χ2n) is 4.65. The van der Waals surface area contributed by atoms with Crippen molar-refractivity contribution in [1.82, 2.24) is 15.1 Å². The van der Waals surface area contributed by atoms with Crippen LogP contribution in [0.1, 0.15) is 19.3 Å². The Morgan fingerprint density at radius 1 is 1.42 bits per heavy atom. The first-order chi connectivity index (χ1) is 9.36. The molecule has 104 valence electrons. The molecule has 0 saturated heterocycles. The van der Waals surface area contributed by atoms with Gasteiger partial charge < -0.3 is 10.1 Å². The Morgan fingerprint density at radius 3 is 3.11 bits per heavy atom. The standard InChI is InChI=1S/C14H21N3O2/c18-14(13-5-2-1-3-6-13)15-8-11-19-12-10-17-9-4-7-16-17/h1-2,4,7,9,13H,3,5-6,8,10-12H2,(H,15,18)/t13-/m1/s1. The van der Waals surface area contributed by atoms with Gasteiger partial charge in [-0.15, -0.1) is 0 Å². The topological polar surface area (TPSA) is 56.1 Å². The molecule has 1 aliphatic rings. The number of ether oxygens (including phenoxy) is 1. The minimum Gasteiger partial charge on any atom is -0.378 e. The van der Waals surface area contributed by atoms with E-state index in [0.717, 1.165) is 25.8 Å². The number of hydrogen-bond donors (Lipinski definition) is 1. The average molecular weight is 263 g/mol. The lowest BCUT2D eigenvalue weighted by molar-refractivity contribution is -0.125. The predicted octanol–water partition coefficient (Wildman–Crippen LogP) is 1.37. The highest BCUT2D eigenvalue weighted by atomic mass is 16.5. The number of nitrogens with one attached hydrogen (secondary N) is 1. The summed E-state index contributed by atoms with van der Waals surface area (Å²) in [5.74, 6) is 0.300. The fraction of sp³-hybridized carbons (Fsp3) is 0.571. The quantitative estimate of drug-likeness (QED) is 0.597. The van der Waals surface area contributed by atoms with Crippen molar-refractivity contribution < 1.29 is 9.53 Å². The smallest absolute Gasteiger partial charge is 0.223 e. The number of nitrogens with zero attached hydrogens (tertiary/aromatic N) is 2. The van der Waals surface area contributed by atoms with Gasteiger partial charge in [-0.25, -0.2) is 0 Å². The maximum Gasteiger partial charge on any atom is 0.223 e. The maximum atomic E-state index is 11.8. The van der Waals surface area contributed by atoms with E-state index in [9.17, 15) is 4.79 Å². The Bertz CT molecular complexity index is 401. The van der Waals surface area contributed by atoms with Gasteiger partial charge in [-0.2, -0.15) is 5.10 Å². The normalized spacial score (nSPS) is 18.4. The van der Waals surface area contributed by atoms with Crippen LogP contribution in [-0.2, 0) is 16.1 Å². The van der Waals surface area contributed by atoms with Crippen molar-refractivity contribution >= 4 is 5.91 Å². The lowest BCUT2D eigenvalue weighted by atomic mass is 9.94. The summed E-state index contributed by atoms with van der Waals surface area (Å²) in [7, 11) is 0. The molecule has 0 fully saturated rings. The highest BCUT2D eigenvalue weighted by Crippen LogP contribution is 2.17. The van der Waals surface area contributed by atoms with Crippen molar-refractivity contribution in [3.63, 3.8) is 0 Å². The summed E-state index contributed by atoms with van der Waals surface area (Å²) >= 11 is 0. The van der Waals surface area contributed by atoms with E-state index in [1.807, 2.05) is 16.9 Å². The van der Waals surface area contributed by atoms with Crippen LogP contribution >= 0.6 is 0 Å². The number of allylic oxidation sites excluding steroid dienone is 2. The molecule has 0 spiro atoms. The summed E-state index contributed by atoms with van der Waals surface area (Å²) in [6.07, 6.45) is 10.7. The van der Waals surface area contributed by atoms with Crippen LogP contribution in [0, 0.1) is 5.92 Å². The fourth-order valence-electron chi connectivity index (χ4n) is 2.12. The van der Waals surface area contributed by atoms with Crippen LogP contribution in [0.2, 0.25) is 0 Å². The van der Waals surface area contributed by atoms with E-state index in [1.54, 1.807) is 6.20 Å². The van der Waals surface area contributed by atoms with Crippen LogP contribution in [0.15, 0.2) is 30.6 Å². The van der Waals surface area contributed by atoms with Gasteiger partial charge >= 0.3 is 0 Å². The molecule has 5 heteroatoms. The Morgan fingerprint density at radius 2 is 2.37 bits per heavy atom. The molecule has 0 aromatic carbocycles. The summed E-state index contributed by atoms with van der Waals surface area (Å²) in [5, 5.41) is 7.01. The molecule has 5 nitrogen and oxygen atoms in total. The Hall–Kier alpha value is -1.62. The van der Waals surface area contributed by atoms with Gasteiger partial charge in [0.1, 0.15) is 0 Å². The Labute approximate surface area is 113 Å². The van der Waals surface area contributed by atoms with Crippen LogP contribution in [0.25, 0.3) is 0 Å². The number of carbonyl (C=O) groups excluding carboxylic acids is 1. The van der Waals surface area contributed by atoms with Crippen LogP contribution in [0.3, 0.4) is 0 Å². The third-order valence-corrected chi connectivity index (χ3v) is 3.21. The number of hydrogen-bond acceptors (Lipinski definition) is 3. The maximum absolute atomic E-state index is 11.8. The van der Waals surface area contributed by atoms with E-state index in [4.69, 9.17) is 4.74 Å². The van der Waals surface area contributed by atoms with Gasteiger partial charge in [-0.05, 0) is 25.3 Å². The highest BCUT2D eigenvalue weighted by molar-refractivity contribution is 5.78. The summed E-state index contributed by atoms with van der Waals surface area (Å²) in [5.41, 5.74) is 0. The molecular formula is C14H21N3O2. The molecule has 0 aliphatic heterocycles. The Balaban J connectivity index is 1.49. The number of aromatic nitrogens is 2. The number of amides is 1. The minimum absolute atomic E-state index is 0.147. The van der Waals surface area contributed by atoms with Crippen LogP contribution in [0.5, 0.6) is 0 Å². The van der Waals surface area contributed by atoms with Crippen LogP contribution in [0.4, 0.5) is 0 Å². The zero-order chi connectivity index (χ0) is 13.3. The van der Waals surface area contributed by atoms with Crippen molar-refractivity contribution in [3.05, 3.63) is 30.6 Å². The molecule has 0 unspecified atom stereocenters. The number of carbonyl (C=O) groups is 1. The largest absolute Gasteiger partial charge is 0.378 e. The molecule has 2 rings (SSSR count). The lowest BCUT2D eigenvalue weighted by Crippen LogP contribution is -2.33. The van der Waals surface area contributed by atoms with Crippen molar-refractivity contribution in [3.8, 4) is 0 Å². The molecule has 1 aromatic heterocycles. The molecule has 1 amide bonds. The van der Waals surface area contributed by atoms with Crippen molar-refractivity contribution in [1.29, 1.82) is 0 Å². The zero-order valence-corrected chi connectivity index (χ0v) is 11.1. The Kier molecular flexibility index (Phi) is 5.62. The molecule has 0 bridgehead atoms. The van der Waals surface area contributed by atoms with E-state index in [2.05, 4.69) is 22.6 Å². The summed E-state index contributed by atoms with van der Waals surface area (Å²) in [4.78, 5) is 11.8.